The number of nitriles is 1. The first kappa shape index (κ1) is 19.3. The standard InChI is InChI=1S/C16H11ClF3N3O3/c1-25-11-5-13(15(24)22-8-16(18,19)20)23-14(6-11)26-10-2-3-12(17)9(4-10)7-21/h2-6H,8H2,1H3,(H,22,24). The van der Waals surface area contributed by atoms with Gasteiger partial charge in [0.25, 0.3) is 5.91 Å². The van der Waals surface area contributed by atoms with E-state index >= 15 is 0 Å². The largest absolute Gasteiger partial charge is 0.496 e. The van der Waals surface area contributed by atoms with Crippen LogP contribution in [-0.2, 0) is 0 Å². The van der Waals surface area contributed by atoms with Crippen LogP contribution in [0, 0.1) is 11.3 Å². The third kappa shape index (κ3) is 5.26. The maximum Gasteiger partial charge on any atom is 0.405 e. The minimum atomic E-state index is -4.55. The first-order valence-corrected chi connectivity index (χ1v) is 7.38. The molecule has 0 saturated carbocycles. The summed E-state index contributed by atoms with van der Waals surface area (Å²) in [6.07, 6.45) is -4.55. The van der Waals surface area contributed by atoms with Crippen molar-refractivity contribution in [3.05, 3.63) is 46.6 Å². The van der Waals surface area contributed by atoms with Gasteiger partial charge in [-0.15, -0.1) is 0 Å². The number of amides is 1. The van der Waals surface area contributed by atoms with E-state index in [-0.39, 0.29) is 33.7 Å². The van der Waals surface area contributed by atoms with Crippen LogP contribution < -0.4 is 14.8 Å². The second-order valence-electron chi connectivity index (χ2n) is 4.88. The zero-order valence-corrected chi connectivity index (χ0v) is 14.0. The summed E-state index contributed by atoms with van der Waals surface area (Å²) in [7, 11) is 1.31. The van der Waals surface area contributed by atoms with Gasteiger partial charge in [0.1, 0.15) is 29.8 Å². The molecule has 0 spiro atoms. The summed E-state index contributed by atoms with van der Waals surface area (Å²) in [5.74, 6) is -0.789. The number of nitrogens with zero attached hydrogens (tertiary/aromatic N) is 2. The molecule has 0 aliphatic heterocycles. The Bertz CT molecular complexity index is 866. The van der Waals surface area contributed by atoms with Crippen LogP contribution in [0.3, 0.4) is 0 Å². The van der Waals surface area contributed by atoms with Crippen LogP contribution in [0.15, 0.2) is 30.3 Å². The predicted octanol–water partition coefficient (Wildman–Crippen LogP) is 3.70. The number of rotatable bonds is 5. The Balaban J connectivity index is 2.26. The maximum atomic E-state index is 12.2. The highest BCUT2D eigenvalue weighted by Crippen LogP contribution is 2.27. The monoisotopic (exact) mass is 385 g/mol. The van der Waals surface area contributed by atoms with Gasteiger partial charge in [0, 0.05) is 18.2 Å². The molecule has 26 heavy (non-hydrogen) atoms. The summed E-state index contributed by atoms with van der Waals surface area (Å²) in [6, 6.07) is 8.64. The average Bonchev–Trinajstić information content (AvgIpc) is 2.60. The molecule has 1 heterocycles. The highest BCUT2D eigenvalue weighted by molar-refractivity contribution is 6.31. The molecule has 1 N–H and O–H groups in total. The molecule has 10 heteroatoms. The fourth-order valence-electron chi connectivity index (χ4n) is 1.81. The summed E-state index contributed by atoms with van der Waals surface area (Å²) < 4.78 is 47.1. The van der Waals surface area contributed by atoms with Gasteiger partial charge in [0.15, 0.2) is 0 Å². The number of carbonyl (C=O) groups is 1. The minimum absolute atomic E-state index is 0.104. The predicted molar refractivity (Wildman–Crippen MR) is 85.4 cm³/mol. The van der Waals surface area contributed by atoms with Crippen molar-refractivity contribution in [1.29, 1.82) is 5.26 Å². The van der Waals surface area contributed by atoms with Gasteiger partial charge in [-0.1, -0.05) is 11.6 Å². The van der Waals surface area contributed by atoms with Gasteiger partial charge in [-0.05, 0) is 12.1 Å². The molecular formula is C16H11ClF3N3O3. The number of ether oxygens (including phenoxy) is 2. The number of alkyl halides is 3. The second-order valence-corrected chi connectivity index (χ2v) is 5.29. The van der Waals surface area contributed by atoms with Crippen molar-refractivity contribution in [2.75, 3.05) is 13.7 Å². The summed E-state index contributed by atoms with van der Waals surface area (Å²) >= 11 is 5.83. The Morgan fingerprint density at radius 3 is 2.65 bits per heavy atom. The molecule has 0 radical (unpaired) electrons. The summed E-state index contributed by atoms with van der Waals surface area (Å²) in [5.41, 5.74) is -0.159. The quantitative estimate of drug-likeness (QED) is 0.848. The van der Waals surface area contributed by atoms with E-state index in [1.807, 2.05) is 6.07 Å². The van der Waals surface area contributed by atoms with Crippen LogP contribution in [0.2, 0.25) is 5.02 Å². The molecule has 1 aromatic carbocycles. The number of hydrogen-bond acceptors (Lipinski definition) is 5. The van der Waals surface area contributed by atoms with Gasteiger partial charge in [0.05, 0.1) is 17.7 Å². The molecule has 0 aliphatic carbocycles. The molecule has 2 rings (SSSR count). The lowest BCUT2D eigenvalue weighted by molar-refractivity contribution is -0.123. The summed E-state index contributed by atoms with van der Waals surface area (Å²) in [6.45, 7) is -1.50. The fourth-order valence-corrected chi connectivity index (χ4v) is 1.97. The SMILES string of the molecule is COc1cc(Oc2ccc(Cl)c(C#N)c2)nc(C(=O)NCC(F)(F)F)c1. The first-order chi connectivity index (χ1) is 12.2. The zero-order valence-electron chi connectivity index (χ0n) is 13.2. The molecule has 6 nitrogen and oxygen atoms in total. The molecule has 1 amide bonds. The van der Waals surface area contributed by atoms with Gasteiger partial charge >= 0.3 is 6.18 Å². The Labute approximate surface area is 151 Å². The van der Waals surface area contributed by atoms with Crippen LogP contribution in [0.5, 0.6) is 17.4 Å². The van der Waals surface area contributed by atoms with Crippen LogP contribution in [0.1, 0.15) is 16.1 Å². The van der Waals surface area contributed by atoms with Crippen molar-refractivity contribution in [3.63, 3.8) is 0 Å². The van der Waals surface area contributed by atoms with Crippen molar-refractivity contribution in [2.45, 2.75) is 6.18 Å². The molecule has 0 bridgehead atoms. The number of pyridine rings is 1. The zero-order chi connectivity index (χ0) is 19.3. The van der Waals surface area contributed by atoms with Gasteiger partial charge in [-0.25, -0.2) is 4.98 Å². The normalized spacial score (nSPS) is 10.8. The summed E-state index contributed by atoms with van der Waals surface area (Å²) in [4.78, 5) is 15.7. The van der Waals surface area contributed by atoms with Crippen LogP contribution in [-0.4, -0.2) is 30.7 Å². The Hall–Kier alpha value is -2.99. The van der Waals surface area contributed by atoms with Gasteiger partial charge in [-0.2, -0.15) is 18.4 Å². The van der Waals surface area contributed by atoms with Crippen molar-refractivity contribution in [2.24, 2.45) is 0 Å². The topological polar surface area (TPSA) is 84.2 Å². The van der Waals surface area contributed by atoms with E-state index < -0.39 is 18.6 Å². The molecule has 2 aromatic rings. The lowest BCUT2D eigenvalue weighted by Gasteiger charge is -2.11. The smallest absolute Gasteiger partial charge is 0.405 e. The van der Waals surface area contributed by atoms with E-state index in [2.05, 4.69) is 4.98 Å². The van der Waals surface area contributed by atoms with Crippen molar-refractivity contribution in [3.8, 4) is 23.4 Å². The highest BCUT2D eigenvalue weighted by Gasteiger charge is 2.28. The molecule has 136 valence electrons. The number of benzene rings is 1. The molecule has 1 aromatic heterocycles. The van der Waals surface area contributed by atoms with Gasteiger partial charge < -0.3 is 14.8 Å². The van der Waals surface area contributed by atoms with E-state index in [4.69, 9.17) is 26.3 Å². The number of methoxy groups -OCH3 is 1. The Morgan fingerprint density at radius 1 is 1.31 bits per heavy atom. The molecule has 0 aliphatic rings. The van der Waals surface area contributed by atoms with E-state index in [1.54, 1.807) is 5.32 Å². The van der Waals surface area contributed by atoms with Crippen LogP contribution in [0.4, 0.5) is 13.2 Å². The molecule has 0 atom stereocenters. The number of hydrogen-bond donors (Lipinski definition) is 1. The van der Waals surface area contributed by atoms with E-state index in [1.165, 1.54) is 37.4 Å². The van der Waals surface area contributed by atoms with Crippen LogP contribution in [0.25, 0.3) is 0 Å². The van der Waals surface area contributed by atoms with E-state index in [0.717, 1.165) is 0 Å². The lowest BCUT2D eigenvalue weighted by Crippen LogP contribution is -2.34. The fraction of sp³-hybridized carbons (Fsp3) is 0.188. The van der Waals surface area contributed by atoms with Crippen molar-refractivity contribution < 1.29 is 27.4 Å². The third-order valence-corrected chi connectivity index (χ3v) is 3.30. The second kappa shape index (κ2) is 7.93. The van der Waals surface area contributed by atoms with Crippen LogP contribution >= 0.6 is 11.6 Å². The van der Waals surface area contributed by atoms with Crippen molar-refractivity contribution in [1.82, 2.24) is 10.3 Å². The third-order valence-electron chi connectivity index (χ3n) is 2.97. The summed E-state index contributed by atoms with van der Waals surface area (Å²) in [5, 5.41) is 10.9. The molecule has 0 fully saturated rings. The lowest BCUT2D eigenvalue weighted by atomic mass is 10.2. The average molecular weight is 386 g/mol. The molecular weight excluding hydrogens is 375 g/mol. The number of halogens is 4. The van der Waals surface area contributed by atoms with E-state index in [0.29, 0.717) is 0 Å². The van der Waals surface area contributed by atoms with Crippen molar-refractivity contribution >= 4 is 17.5 Å². The Kier molecular flexibility index (Phi) is 5.90. The molecule has 0 saturated heterocycles. The molecule has 0 unspecified atom stereocenters. The van der Waals surface area contributed by atoms with E-state index in [9.17, 15) is 18.0 Å². The van der Waals surface area contributed by atoms with Gasteiger partial charge in [-0.3, -0.25) is 4.79 Å². The van der Waals surface area contributed by atoms with Gasteiger partial charge in [0.2, 0.25) is 5.88 Å². The minimum Gasteiger partial charge on any atom is -0.496 e. The number of nitrogens with one attached hydrogen (secondary N) is 1. The maximum absolute atomic E-state index is 12.2. The number of carbonyl (C=O) groups excluding carboxylic acids is 1. The first-order valence-electron chi connectivity index (χ1n) is 7.00. The highest BCUT2D eigenvalue weighted by atomic mass is 35.5. The Morgan fingerprint density at radius 2 is 2.04 bits per heavy atom. The number of aromatic nitrogens is 1.